The number of rotatable bonds is 2. The molecule has 4 aliphatic rings. The average molecular weight is 292 g/mol. The van der Waals surface area contributed by atoms with Crippen LogP contribution >= 0.6 is 0 Å². The van der Waals surface area contributed by atoms with Gasteiger partial charge in [0, 0.05) is 5.41 Å². The standard InChI is InChI=1S/C19H32O2/c1-11-7-13(3)15-18(9-11,20-15)17(5,6)19-10-12(2)8-14(4)16(19)21-19/h11-16H,7-10H2,1-6H3. The largest absolute Gasteiger partial charge is 0.365 e. The van der Waals surface area contributed by atoms with E-state index in [1.54, 1.807) is 0 Å². The Morgan fingerprint density at radius 3 is 1.52 bits per heavy atom. The summed E-state index contributed by atoms with van der Waals surface area (Å²) in [5, 5.41) is 0. The van der Waals surface area contributed by atoms with Gasteiger partial charge in [-0.2, -0.15) is 0 Å². The molecule has 21 heavy (non-hydrogen) atoms. The zero-order chi connectivity index (χ0) is 15.2. The highest BCUT2D eigenvalue weighted by Gasteiger charge is 2.80. The van der Waals surface area contributed by atoms with Crippen molar-refractivity contribution >= 4 is 0 Å². The summed E-state index contributed by atoms with van der Waals surface area (Å²) in [5.74, 6) is 2.98. The van der Waals surface area contributed by atoms with Crippen LogP contribution in [0.15, 0.2) is 0 Å². The predicted molar refractivity (Wildman–Crippen MR) is 84.1 cm³/mol. The van der Waals surface area contributed by atoms with Gasteiger partial charge in [-0.3, -0.25) is 0 Å². The number of hydrogen-bond acceptors (Lipinski definition) is 2. The number of epoxide rings is 2. The fourth-order valence-electron chi connectivity index (χ4n) is 6.46. The molecule has 0 aromatic heterocycles. The van der Waals surface area contributed by atoms with E-state index in [4.69, 9.17) is 9.47 Å². The van der Waals surface area contributed by atoms with Gasteiger partial charge >= 0.3 is 0 Å². The highest BCUT2D eigenvalue weighted by Crippen LogP contribution is 2.71. The van der Waals surface area contributed by atoms with Crippen LogP contribution in [0.3, 0.4) is 0 Å². The van der Waals surface area contributed by atoms with Gasteiger partial charge in [0.2, 0.25) is 0 Å². The Labute approximate surface area is 130 Å². The van der Waals surface area contributed by atoms with Crippen molar-refractivity contribution in [3.63, 3.8) is 0 Å². The summed E-state index contributed by atoms with van der Waals surface area (Å²) in [6.45, 7) is 14.5. The third-order valence-corrected chi connectivity index (χ3v) is 7.48. The van der Waals surface area contributed by atoms with Crippen molar-refractivity contribution in [1.82, 2.24) is 0 Å². The fourth-order valence-corrected chi connectivity index (χ4v) is 6.46. The van der Waals surface area contributed by atoms with Crippen LogP contribution in [0.4, 0.5) is 0 Å². The van der Waals surface area contributed by atoms with Gasteiger partial charge in [-0.1, -0.05) is 41.5 Å². The van der Waals surface area contributed by atoms with Crippen molar-refractivity contribution < 1.29 is 9.47 Å². The maximum atomic E-state index is 6.45. The van der Waals surface area contributed by atoms with Gasteiger partial charge in [-0.15, -0.1) is 0 Å². The number of ether oxygens (including phenoxy) is 2. The van der Waals surface area contributed by atoms with E-state index in [0.717, 1.165) is 11.8 Å². The Balaban J connectivity index is 1.66. The van der Waals surface area contributed by atoms with Crippen LogP contribution in [0, 0.1) is 29.1 Å². The quantitative estimate of drug-likeness (QED) is 0.704. The minimum absolute atomic E-state index is 0.0929. The van der Waals surface area contributed by atoms with E-state index in [-0.39, 0.29) is 16.6 Å². The molecule has 120 valence electrons. The molecule has 2 saturated heterocycles. The Hall–Kier alpha value is -0.0800. The summed E-state index contributed by atoms with van der Waals surface area (Å²) in [4.78, 5) is 0. The van der Waals surface area contributed by atoms with Crippen LogP contribution in [-0.2, 0) is 9.47 Å². The zero-order valence-corrected chi connectivity index (χ0v) is 14.6. The molecule has 0 aromatic rings. The summed E-state index contributed by atoms with van der Waals surface area (Å²) >= 11 is 0. The van der Waals surface area contributed by atoms with Crippen molar-refractivity contribution in [2.75, 3.05) is 0 Å². The van der Waals surface area contributed by atoms with Gasteiger partial charge in [-0.05, 0) is 49.4 Å². The molecule has 0 amide bonds. The SMILES string of the molecule is CC1CC(C)C2OC2(C(C)(C)C23CC(C)CC(C)C2O3)C1. The monoisotopic (exact) mass is 292 g/mol. The summed E-state index contributed by atoms with van der Waals surface area (Å²) in [6, 6.07) is 0. The third kappa shape index (κ3) is 1.67. The molecule has 2 aliphatic heterocycles. The van der Waals surface area contributed by atoms with Crippen LogP contribution in [0.1, 0.15) is 67.2 Å². The van der Waals surface area contributed by atoms with Gasteiger partial charge in [-0.25, -0.2) is 0 Å². The summed E-state index contributed by atoms with van der Waals surface area (Å²) in [6.07, 6.45) is 6.08. The highest BCUT2D eigenvalue weighted by atomic mass is 16.6. The lowest BCUT2D eigenvalue weighted by Crippen LogP contribution is -2.53. The Morgan fingerprint density at radius 2 is 1.14 bits per heavy atom. The van der Waals surface area contributed by atoms with E-state index >= 15 is 0 Å². The summed E-state index contributed by atoms with van der Waals surface area (Å²) in [7, 11) is 0. The van der Waals surface area contributed by atoms with E-state index in [2.05, 4.69) is 41.5 Å². The van der Waals surface area contributed by atoms with Crippen LogP contribution in [0.2, 0.25) is 0 Å². The first-order valence-corrected chi connectivity index (χ1v) is 9.09. The first kappa shape index (κ1) is 14.5. The molecule has 2 saturated carbocycles. The van der Waals surface area contributed by atoms with Gasteiger partial charge in [0.15, 0.2) is 0 Å². The predicted octanol–water partition coefficient (Wildman–Crippen LogP) is 4.42. The zero-order valence-electron chi connectivity index (χ0n) is 14.6. The molecule has 8 atom stereocenters. The molecule has 8 unspecified atom stereocenters. The van der Waals surface area contributed by atoms with Gasteiger partial charge in [0.25, 0.3) is 0 Å². The van der Waals surface area contributed by atoms with E-state index in [1.165, 1.54) is 25.7 Å². The minimum Gasteiger partial charge on any atom is -0.365 e. The maximum Gasteiger partial charge on any atom is 0.103 e. The molecule has 0 aromatic carbocycles. The molecule has 2 nitrogen and oxygen atoms in total. The smallest absolute Gasteiger partial charge is 0.103 e. The molecule has 2 aliphatic carbocycles. The van der Waals surface area contributed by atoms with Crippen LogP contribution in [-0.4, -0.2) is 23.4 Å². The maximum absolute atomic E-state index is 6.45. The minimum atomic E-state index is 0.0929. The first-order chi connectivity index (χ1) is 9.73. The molecule has 0 N–H and O–H groups in total. The molecule has 2 heterocycles. The van der Waals surface area contributed by atoms with Crippen molar-refractivity contribution in [2.24, 2.45) is 29.1 Å². The molecule has 2 heteroatoms. The lowest BCUT2D eigenvalue weighted by atomic mass is 9.56. The van der Waals surface area contributed by atoms with Gasteiger partial charge in [0.05, 0.1) is 12.2 Å². The molecule has 4 rings (SSSR count). The third-order valence-electron chi connectivity index (χ3n) is 7.48. The van der Waals surface area contributed by atoms with Crippen LogP contribution in [0.25, 0.3) is 0 Å². The normalized spacial score (nSPS) is 59.1. The van der Waals surface area contributed by atoms with Gasteiger partial charge in [0.1, 0.15) is 11.2 Å². The average Bonchev–Trinajstić information content (AvgIpc) is 3.20. The first-order valence-electron chi connectivity index (χ1n) is 9.09. The fraction of sp³-hybridized carbons (Fsp3) is 1.00. The lowest BCUT2D eigenvalue weighted by Gasteiger charge is -2.45. The van der Waals surface area contributed by atoms with E-state index in [9.17, 15) is 0 Å². The highest BCUT2D eigenvalue weighted by molar-refractivity contribution is 5.28. The molecular weight excluding hydrogens is 260 g/mol. The van der Waals surface area contributed by atoms with E-state index in [1.807, 2.05) is 0 Å². The van der Waals surface area contributed by atoms with Gasteiger partial charge < -0.3 is 9.47 Å². The topological polar surface area (TPSA) is 25.1 Å². The van der Waals surface area contributed by atoms with Crippen LogP contribution < -0.4 is 0 Å². The molecular formula is C19H32O2. The van der Waals surface area contributed by atoms with Crippen molar-refractivity contribution in [1.29, 1.82) is 0 Å². The molecule has 4 fully saturated rings. The Morgan fingerprint density at radius 1 is 0.762 bits per heavy atom. The van der Waals surface area contributed by atoms with E-state index < -0.39 is 0 Å². The molecule has 0 bridgehead atoms. The van der Waals surface area contributed by atoms with Crippen molar-refractivity contribution in [3.05, 3.63) is 0 Å². The van der Waals surface area contributed by atoms with Crippen molar-refractivity contribution in [3.8, 4) is 0 Å². The second-order valence-corrected chi connectivity index (χ2v) is 9.53. The summed E-state index contributed by atoms with van der Waals surface area (Å²) in [5.41, 5.74) is 0.326. The number of hydrogen-bond donors (Lipinski definition) is 0. The second-order valence-electron chi connectivity index (χ2n) is 9.53. The van der Waals surface area contributed by atoms with Crippen molar-refractivity contribution in [2.45, 2.75) is 90.6 Å². The molecule has 0 spiro atoms. The van der Waals surface area contributed by atoms with Crippen LogP contribution in [0.5, 0.6) is 0 Å². The molecule has 0 radical (unpaired) electrons. The Kier molecular flexibility index (Phi) is 2.80. The second kappa shape index (κ2) is 4.06. The lowest BCUT2D eigenvalue weighted by molar-refractivity contribution is 0.00822. The Bertz CT molecular complexity index is 418. The summed E-state index contributed by atoms with van der Waals surface area (Å²) < 4.78 is 12.9. The number of fused-ring (bicyclic) bond motifs is 2. The van der Waals surface area contributed by atoms with E-state index in [0.29, 0.717) is 24.0 Å².